The molecule has 2 N–H and O–H groups in total. The second-order valence-electron chi connectivity index (χ2n) is 9.62. The summed E-state index contributed by atoms with van der Waals surface area (Å²) in [6, 6.07) is 18.4. The predicted octanol–water partition coefficient (Wildman–Crippen LogP) is 4.39. The zero-order chi connectivity index (χ0) is 25.5. The average Bonchev–Trinajstić information content (AvgIpc) is 3.55. The lowest BCUT2D eigenvalue weighted by atomic mass is 9.87. The zero-order valence-corrected chi connectivity index (χ0v) is 21.1. The first-order valence-electron chi connectivity index (χ1n) is 12.0. The van der Waals surface area contributed by atoms with Crippen LogP contribution in [0.5, 0.6) is 11.5 Å². The number of aliphatic hydroxyl groups is 1. The van der Waals surface area contributed by atoms with E-state index >= 15 is 0 Å². The lowest BCUT2D eigenvalue weighted by Gasteiger charge is -2.16. The molecule has 0 saturated heterocycles. The van der Waals surface area contributed by atoms with E-state index in [1.54, 1.807) is 24.3 Å². The SMILES string of the molecule is Cc1ccc(CC(=O)C2(c3ccc4c(c3)OCO4)CC2)cc1-c1ccc(S(=O)(=O)NC[C@@H](C)O)cc1.[HH].[HH]. The smallest absolute Gasteiger partial charge is 0.240 e. The van der Waals surface area contributed by atoms with Gasteiger partial charge in [0.25, 0.3) is 0 Å². The van der Waals surface area contributed by atoms with Crippen LogP contribution in [0.3, 0.4) is 0 Å². The van der Waals surface area contributed by atoms with Crippen molar-refractivity contribution >= 4 is 15.8 Å². The average molecular weight is 512 g/mol. The largest absolute Gasteiger partial charge is 0.454 e. The van der Waals surface area contributed by atoms with Gasteiger partial charge in [-0.2, -0.15) is 0 Å². The Kier molecular flexibility index (Phi) is 6.36. The van der Waals surface area contributed by atoms with Crippen molar-refractivity contribution in [2.75, 3.05) is 13.3 Å². The van der Waals surface area contributed by atoms with E-state index in [9.17, 15) is 18.3 Å². The highest BCUT2D eigenvalue weighted by molar-refractivity contribution is 7.89. The summed E-state index contributed by atoms with van der Waals surface area (Å²) in [7, 11) is -3.70. The van der Waals surface area contributed by atoms with Gasteiger partial charge in [0.15, 0.2) is 11.5 Å². The highest BCUT2D eigenvalue weighted by atomic mass is 32.2. The summed E-state index contributed by atoms with van der Waals surface area (Å²) in [5.41, 5.74) is 4.28. The first-order valence-corrected chi connectivity index (χ1v) is 13.5. The third kappa shape index (κ3) is 4.76. The molecule has 36 heavy (non-hydrogen) atoms. The number of ether oxygens (including phenoxy) is 2. The summed E-state index contributed by atoms with van der Waals surface area (Å²) in [6.07, 6.45) is 1.19. The number of hydrogen-bond donors (Lipinski definition) is 2. The lowest BCUT2D eigenvalue weighted by Crippen LogP contribution is -2.30. The van der Waals surface area contributed by atoms with E-state index in [0.29, 0.717) is 17.9 Å². The van der Waals surface area contributed by atoms with Crippen molar-refractivity contribution in [3.8, 4) is 22.6 Å². The van der Waals surface area contributed by atoms with E-state index in [0.717, 1.165) is 40.7 Å². The minimum atomic E-state index is -3.70. The molecule has 1 fully saturated rings. The first-order chi connectivity index (χ1) is 17.2. The van der Waals surface area contributed by atoms with Crippen molar-refractivity contribution in [2.24, 2.45) is 0 Å². The molecule has 1 saturated carbocycles. The molecule has 1 atom stereocenters. The fraction of sp³-hybridized carbons (Fsp3) is 0.321. The van der Waals surface area contributed by atoms with Gasteiger partial charge in [-0.3, -0.25) is 4.79 Å². The molecule has 1 heterocycles. The first kappa shape index (κ1) is 24.5. The van der Waals surface area contributed by atoms with Crippen LogP contribution in [0.2, 0.25) is 0 Å². The summed E-state index contributed by atoms with van der Waals surface area (Å²) >= 11 is 0. The molecule has 0 amide bonds. The molecule has 1 aliphatic heterocycles. The number of sulfonamides is 1. The third-order valence-electron chi connectivity index (χ3n) is 6.92. The Balaban J connectivity index is 0.00000200. The van der Waals surface area contributed by atoms with Crippen molar-refractivity contribution in [1.82, 2.24) is 4.72 Å². The molecule has 3 aromatic carbocycles. The highest BCUT2D eigenvalue weighted by Gasteiger charge is 2.50. The van der Waals surface area contributed by atoms with Gasteiger partial charge in [-0.05, 0) is 78.8 Å². The summed E-state index contributed by atoms with van der Waals surface area (Å²) in [5.74, 6) is 1.58. The molecule has 3 aromatic rings. The number of fused-ring (bicyclic) bond motifs is 1. The van der Waals surface area contributed by atoms with Crippen LogP contribution in [-0.4, -0.2) is 38.7 Å². The summed E-state index contributed by atoms with van der Waals surface area (Å²) in [4.78, 5) is 13.6. The molecule has 0 bridgehead atoms. The Labute approximate surface area is 214 Å². The lowest BCUT2D eigenvalue weighted by molar-refractivity contribution is -0.120. The molecule has 5 rings (SSSR count). The molecule has 7 nitrogen and oxygen atoms in total. The van der Waals surface area contributed by atoms with E-state index in [1.807, 2.05) is 43.3 Å². The van der Waals surface area contributed by atoms with Crippen molar-refractivity contribution in [2.45, 2.75) is 49.5 Å². The van der Waals surface area contributed by atoms with Gasteiger partial charge < -0.3 is 14.6 Å². The van der Waals surface area contributed by atoms with Crippen molar-refractivity contribution < 1.29 is 30.6 Å². The number of nitrogens with one attached hydrogen (secondary N) is 1. The molecule has 0 unspecified atom stereocenters. The molecule has 0 radical (unpaired) electrons. The number of benzene rings is 3. The molecular formula is C28H33NO6S. The Bertz CT molecular complexity index is 1420. The minimum Gasteiger partial charge on any atom is -0.454 e. The van der Waals surface area contributed by atoms with Crippen LogP contribution >= 0.6 is 0 Å². The standard InChI is InChI=1S/C28H29NO6S.2H2/c1-18-3-4-20(13-24(18)21-5-8-23(9-6-21)36(32,33)29-16-19(2)30)14-27(31)28(11-12-28)22-7-10-25-26(15-22)35-17-34-25;;/h3-10,13,15,19,29-30H,11-12,14,16-17H2,1-2H3;2*1H/t19-;;/m1../s1. The number of hydrogen-bond acceptors (Lipinski definition) is 6. The number of carbonyl (C=O) groups excluding carboxylic acids is 1. The molecule has 1 aliphatic carbocycles. The number of Topliss-reactive ketones (excluding diaryl/α,β-unsaturated/α-hetero) is 1. The maximum atomic E-state index is 13.4. The van der Waals surface area contributed by atoms with Crippen LogP contribution in [0.1, 0.15) is 39.3 Å². The van der Waals surface area contributed by atoms with Crippen LogP contribution in [-0.2, 0) is 26.7 Å². The molecule has 192 valence electrons. The molecule has 2 aliphatic rings. The van der Waals surface area contributed by atoms with Gasteiger partial charge in [-0.25, -0.2) is 13.1 Å². The minimum absolute atomic E-state index is 0. The van der Waals surface area contributed by atoms with E-state index in [-0.39, 0.29) is 26.9 Å². The van der Waals surface area contributed by atoms with E-state index in [4.69, 9.17) is 9.47 Å². The Morgan fingerprint density at radius 1 is 1.06 bits per heavy atom. The molecule has 0 spiro atoms. The second kappa shape index (κ2) is 9.35. The number of aliphatic hydroxyl groups excluding tert-OH is 1. The third-order valence-corrected chi connectivity index (χ3v) is 8.36. The Morgan fingerprint density at radius 3 is 2.47 bits per heavy atom. The fourth-order valence-corrected chi connectivity index (χ4v) is 5.74. The van der Waals surface area contributed by atoms with Crippen molar-refractivity contribution in [3.63, 3.8) is 0 Å². The van der Waals surface area contributed by atoms with Gasteiger partial charge in [0.05, 0.1) is 16.4 Å². The van der Waals surface area contributed by atoms with Crippen LogP contribution in [0.4, 0.5) is 0 Å². The number of aryl methyl sites for hydroxylation is 1. The number of rotatable bonds is 9. The maximum absolute atomic E-state index is 13.4. The Hall–Kier alpha value is -3.20. The van der Waals surface area contributed by atoms with Crippen LogP contribution < -0.4 is 14.2 Å². The van der Waals surface area contributed by atoms with Gasteiger partial charge in [-0.15, -0.1) is 0 Å². The van der Waals surface area contributed by atoms with Gasteiger partial charge in [0.2, 0.25) is 16.8 Å². The van der Waals surface area contributed by atoms with Crippen molar-refractivity contribution in [1.29, 1.82) is 0 Å². The van der Waals surface area contributed by atoms with Crippen molar-refractivity contribution in [3.05, 3.63) is 77.4 Å². The zero-order valence-electron chi connectivity index (χ0n) is 20.3. The maximum Gasteiger partial charge on any atom is 0.240 e. The topological polar surface area (TPSA) is 102 Å². The normalized spacial score (nSPS) is 16.5. The van der Waals surface area contributed by atoms with Gasteiger partial charge in [0, 0.05) is 15.8 Å². The number of carbonyl (C=O) groups is 1. The molecule has 8 heteroatoms. The summed E-state index contributed by atoms with van der Waals surface area (Å²) in [5, 5.41) is 9.37. The monoisotopic (exact) mass is 511 g/mol. The van der Waals surface area contributed by atoms with Gasteiger partial charge in [0.1, 0.15) is 5.78 Å². The Morgan fingerprint density at radius 2 is 1.78 bits per heavy atom. The quantitative estimate of drug-likeness (QED) is 0.442. The van der Waals surface area contributed by atoms with E-state index in [1.165, 1.54) is 6.92 Å². The summed E-state index contributed by atoms with van der Waals surface area (Å²) in [6.45, 7) is 3.67. The van der Waals surface area contributed by atoms with Crippen LogP contribution in [0.25, 0.3) is 11.1 Å². The second-order valence-corrected chi connectivity index (χ2v) is 11.4. The fourth-order valence-electron chi connectivity index (χ4n) is 4.62. The summed E-state index contributed by atoms with van der Waals surface area (Å²) < 4.78 is 38.2. The molecule has 0 aromatic heterocycles. The predicted molar refractivity (Wildman–Crippen MR) is 140 cm³/mol. The van der Waals surface area contributed by atoms with Gasteiger partial charge >= 0.3 is 0 Å². The van der Waals surface area contributed by atoms with E-state index < -0.39 is 21.5 Å². The highest BCUT2D eigenvalue weighted by Crippen LogP contribution is 2.51. The van der Waals surface area contributed by atoms with E-state index in [2.05, 4.69) is 4.72 Å². The van der Waals surface area contributed by atoms with Crippen LogP contribution in [0.15, 0.2) is 65.6 Å². The number of ketones is 1. The van der Waals surface area contributed by atoms with Gasteiger partial charge in [-0.1, -0.05) is 36.4 Å². The molecular weight excluding hydrogens is 478 g/mol. The van der Waals surface area contributed by atoms with Crippen LogP contribution in [0, 0.1) is 6.92 Å².